The number of ether oxygens (including phenoxy) is 2. The third-order valence-electron chi connectivity index (χ3n) is 10.8. The van der Waals surface area contributed by atoms with Crippen molar-refractivity contribution in [2.75, 3.05) is 7.11 Å². The van der Waals surface area contributed by atoms with E-state index in [2.05, 4.69) is 20.8 Å². The van der Waals surface area contributed by atoms with Gasteiger partial charge in [0.1, 0.15) is 6.10 Å². The van der Waals surface area contributed by atoms with Crippen molar-refractivity contribution in [1.82, 2.24) is 0 Å². The topological polar surface area (TPSA) is 93.1 Å². The summed E-state index contributed by atoms with van der Waals surface area (Å²) in [6.07, 6.45) is 6.66. The van der Waals surface area contributed by atoms with Crippen LogP contribution in [-0.4, -0.2) is 48.1 Å². The fourth-order valence-electron chi connectivity index (χ4n) is 8.97. The van der Waals surface area contributed by atoms with E-state index in [0.717, 1.165) is 51.4 Å². The van der Waals surface area contributed by atoms with Gasteiger partial charge in [0.2, 0.25) is 0 Å². The van der Waals surface area contributed by atoms with Crippen LogP contribution in [0.3, 0.4) is 0 Å². The van der Waals surface area contributed by atoms with Gasteiger partial charge in [0.05, 0.1) is 19.3 Å². The highest BCUT2D eigenvalue weighted by atomic mass is 16.5. The third-order valence-corrected chi connectivity index (χ3v) is 10.8. The molecule has 11 atom stereocenters. The van der Waals surface area contributed by atoms with E-state index >= 15 is 0 Å². The van der Waals surface area contributed by atoms with Crippen molar-refractivity contribution in [2.24, 2.45) is 46.3 Å². The van der Waals surface area contributed by atoms with E-state index in [1.165, 1.54) is 7.11 Å². The minimum atomic E-state index is -0.395. The SMILES string of the molecule is COC(=O)CC[C@@H](C)C1CC[C@H]2C3C(O)C[C@@H]4C[C@@H](OC=O)CC[C@]4(C)C3C[C@H](O)[C@]12C. The molecule has 0 amide bonds. The fraction of sp³-hybridized carbons (Fsp3) is 0.923. The Balaban J connectivity index is 1.55. The van der Waals surface area contributed by atoms with Gasteiger partial charge >= 0.3 is 5.97 Å². The predicted molar refractivity (Wildman–Crippen MR) is 119 cm³/mol. The number of aliphatic hydroxyl groups excluding tert-OH is 2. The molecule has 32 heavy (non-hydrogen) atoms. The fourth-order valence-corrected chi connectivity index (χ4v) is 8.97. The van der Waals surface area contributed by atoms with Crippen LogP contribution in [0.4, 0.5) is 0 Å². The smallest absolute Gasteiger partial charge is 0.305 e. The third kappa shape index (κ3) is 3.70. The van der Waals surface area contributed by atoms with Crippen molar-refractivity contribution in [3.05, 3.63) is 0 Å². The summed E-state index contributed by atoms with van der Waals surface area (Å²) in [7, 11) is 1.43. The molecule has 4 aliphatic rings. The van der Waals surface area contributed by atoms with Crippen molar-refractivity contribution in [3.63, 3.8) is 0 Å². The van der Waals surface area contributed by atoms with Crippen molar-refractivity contribution >= 4 is 12.4 Å². The van der Waals surface area contributed by atoms with Crippen molar-refractivity contribution in [1.29, 1.82) is 0 Å². The molecule has 6 heteroatoms. The first kappa shape index (κ1) is 24.0. The summed E-state index contributed by atoms with van der Waals surface area (Å²) in [6, 6.07) is 0. The van der Waals surface area contributed by atoms with E-state index in [-0.39, 0.29) is 34.9 Å². The molecule has 182 valence electrons. The molecule has 0 bridgehead atoms. The highest BCUT2D eigenvalue weighted by Crippen LogP contribution is 2.68. The second kappa shape index (κ2) is 8.90. The van der Waals surface area contributed by atoms with E-state index in [0.29, 0.717) is 42.5 Å². The molecule has 4 fully saturated rings. The average Bonchev–Trinajstić information content (AvgIpc) is 3.12. The highest BCUT2D eigenvalue weighted by Gasteiger charge is 2.65. The zero-order valence-corrected chi connectivity index (χ0v) is 20.2. The van der Waals surface area contributed by atoms with E-state index in [1.807, 2.05) is 0 Å². The number of hydrogen-bond donors (Lipinski definition) is 2. The number of carbonyl (C=O) groups is 2. The summed E-state index contributed by atoms with van der Waals surface area (Å²) < 4.78 is 10.1. The van der Waals surface area contributed by atoms with Gasteiger partial charge in [-0.3, -0.25) is 9.59 Å². The summed E-state index contributed by atoms with van der Waals surface area (Å²) >= 11 is 0. The van der Waals surface area contributed by atoms with Gasteiger partial charge in [-0.1, -0.05) is 20.8 Å². The van der Waals surface area contributed by atoms with Gasteiger partial charge in [0.25, 0.3) is 6.47 Å². The maximum Gasteiger partial charge on any atom is 0.305 e. The van der Waals surface area contributed by atoms with Crippen LogP contribution >= 0.6 is 0 Å². The molecule has 4 aliphatic carbocycles. The van der Waals surface area contributed by atoms with E-state index in [4.69, 9.17) is 9.47 Å². The lowest BCUT2D eigenvalue weighted by Crippen LogP contribution is -2.62. The van der Waals surface area contributed by atoms with Gasteiger partial charge in [0, 0.05) is 6.42 Å². The predicted octanol–water partition coefficient (Wildman–Crippen LogP) is 3.72. The number of aliphatic hydroxyl groups is 2. The lowest BCUT2D eigenvalue weighted by Gasteiger charge is -2.63. The summed E-state index contributed by atoms with van der Waals surface area (Å²) in [5.74, 6) is 1.65. The first-order valence-electron chi connectivity index (χ1n) is 12.7. The first-order chi connectivity index (χ1) is 15.2. The monoisotopic (exact) mass is 450 g/mol. The van der Waals surface area contributed by atoms with E-state index in [1.54, 1.807) is 0 Å². The highest BCUT2D eigenvalue weighted by molar-refractivity contribution is 5.69. The molecular formula is C26H42O6. The Kier molecular flexibility index (Phi) is 6.68. The van der Waals surface area contributed by atoms with Crippen LogP contribution in [0.5, 0.6) is 0 Å². The Labute approximate surface area is 192 Å². The summed E-state index contributed by atoms with van der Waals surface area (Å²) in [5, 5.41) is 23.0. The molecule has 4 saturated carbocycles. The maximum atomic E-state index is 11.7. The van der Waals surface area contributed by atoms with Crippen molar-refractivity contribution < 1.29 is 29.3 Å². The van der Waals surface area contributed by atoms with Gasteiger partial charge in [-0.15, -0.1) is 0 Å². The normalized spacial score (nSPS) is 48.7. The number of hydrogen-bond acceptors (Lipinski definition) is 6. The van der Waals surface area contributed by atoms with Gasteiger partial charge < -0.3 is 19.7 Å². The van der Waals surface area contributed by atoms with Crippen molar-refractivity contribution in [2.45, 2.75) is 96.9 Å². The number of rotatable bonds is 6. The molecule has 0 aliphatic heterocycles. The van der Waals surface area contributed by atoms with E-state index in [9.17, 15) is 19.8 Å². The largest absolute Gasteiger partial charge is 0.469 e. The van der Waals surface area contributed by atoms with Gasteiger partial charge in [-0.25, -0.2) is 0 Å². The standard InChI is InChI=1S/C26H42O6/c1-15(5-8-23(30)31-4)18-6-7-19-24-20(13-22(29)26(18,19)3)25(2)10-9-17(32-14-27)11-16(25)12-21(24)28/h14-22,24,28-29H,5-13H2,1-4H3/t15-,16+,17+,18?,19+,20?,21?,22+,24?,25+,26-/m1/s1. The Morgan fingerprint density at radius 2 is 1.88 bits per heavy atom. The van der Waals surface area contributed by atoms with Crippen LogP contribution in [0.2, 0.25) is 0 Å². The average molecular weight is 451 g/mol. The van der Waals surface area contributed by atoms with Crippen LogP contribution in [0.25, 0.3) is 0 Å². The molecule has 0 saturated heterocycles. The second-order valence-electron chi connectivity index (χ2n) is 11.8. The molecule has 4 rings (SSSR count). The lowest BCUT2D eigenvalue weighted by molar-refractivity contribution is -0.208. The minimum absolute atomic E-state index is 0.0420. The van der Waals surface area contributed by atoms with Crippen LogP contribution in [-0.2, 0) is 19.1 Å². The molecule has 6 nitrogen and oxygen atoms in total. The second-order valence-corrected chi connectivity index (χ2v) is 11.8. The number of fused-ring (bicyclic) bond motifs is 5. The Hall–Kier alpha value is -1.14. The molecule has 0 heterocycles. The van der Waals surface area contributed by atoms with Crippen LogP contribution in [0.1, 0.15) is 78.6 Å². The molecule has 2 N–H and O–H groups in total. The molecule has 0 aromatic heterocycles. The Bertz CT molecular complexity index is 710. The van der Waals surface area contributed by atoms with Gasteiger partial charge in [-0.2, -0.15) is 0 Å². The Morgan fingerprint density at radius 1 is 1.12 bits per heavy atom. The first-order valence-corrected chi connectivity index (χ1v) is 12.7. The number of carbonyl (C=O) groups excluding carboxylic acids is 2. The molecule has 0 spiro atoms. The van der Waals surface area contributed by atoms with E-state index < -0.39 is 6.10 Å². The van der Waals surface area contributed by atoms with Crippen molar-refractivity contribution in [3.8, 4) is 0 Å². The Morgan fingerprint density at radius 3 is 2.56 bits per heavy atom. The van der Waals surface area contributed by atoms with Gasteiger partial charge in [-0.05, 0) is 97.7 Å². The molecule has 0 aromatic rings. The molecule has 0 radical (unpaired) electrons. The molecule has 4 unspecified atom stereocenters. The quantitative estimate of drug-likeness (QED) is 0.473. The maximum absolute atomic E-state index is 11.7. The number of methoxy groups -OCH3 is 1. The minimum Gasteiger partial charge on any atom is -0.469 e. The lowest BCUT2D eigenvalue weighted by atomic mass is 9.43. The van der Waals surface area contributed by atoms with Crippen LogP contribution in [0.15, 0.2) is 0 Å². The zero-order chi connectivity index (χ0) is 23.3. The summed E-state index contributed by atoms with van der Waals surface area (Å²) in [4.78, 5) is 22.6. The summed E-state index contributed by atoms with van der Waals surface area (Å²) in [6.45, 7) is 7.38. The van der Waals surface area contributed by atoms with Gasteiger partial charge in [0.15, 0.2) is 0 Å². The molecular weight excluding hydrogens is 408 g/mol. The molecule has 0 aromatic carbocycles. The van der Waals surface area contributed by atoms with Crippen LogP contribution in [0, 0.1) is 46.3 Å². The zero-order valence-electron chi connectivity index (χ0n) is 20.2. The van der Waals surface area contributed by atoms with Crippen LogP contribution < -0.4 is 0 Å². The summed E-state index contributed by atoms with van der Waals surface area (Å²) in [5.41, 5.74) is -0.151. The number of esters is 1.